The molecule has 1 fully saturated rings. The molecule has 1 aromatic rings. The normalized spacial score (nSPS) is 22.8. The number of nitrogens with zero attached hydrogens (tertiary/aromatic N) is 3. The predicted octanol–water partition coefficient (Wildman–Crippen LogP) is -1.21. The first-order chi connectivity index (χ1) is 7.94. The molecule has 1 atom stereocenters. The minimum Gasteiger partial charge on any atom is -0.476 e. The van der Waals surface area contributed by atoms with Gasteiger partial charge in [-0.2, -0.15) is 0 Å². The van der Waals surface area contributed by atoms with E-state index in [-0.39, 0.29) is 29.4 Å². The lowest BCUT2D eigenvalue weighted by molar-refractivity contribution is 0.0679. The summed E-state index contributed by atoms with van der Waals surface area (Å²) in [7, 11) is -3.10. The van der Waals surface area contributed by atoms with E-state index in [1.54, 1.807) is 0 Å². The van der Waals surface area contributed by atoms with E-state index < -0.39 is 21.8 Å². The number of rotatable bonds is 3. The molecule has 0 aliphatic carbocycles. The lowest BCUT2D eigenvalue weighted by Crippen LogP contribution is -2.19. The van der Waals surface area contributed by atoms with Crippen LogP contribution in [0.1, 0.15) is 28.6 Å². The number of carboxylic acids is 1. The molecule has 8 nitrogen and oxygen atoms in total. The van der Waals surface area contributed by atoms with E-state index in [1.807, 2.05) is 0 Å². The lowest BCUT2D eigenvalue weighted by atomic mass is 10.2. The van der Waals surface area contributed by atoms with Crippen LogP contribution >= 0.6 is 0 Å². The monoisotopic (exact) mass is 260 g/mol. The van der Waals surface area contributed by atoms with Gasteiger partial charge < -0.3 is 10.8 Å². The summed E-state index contributed by atoms with van der Waals surface area (Å²) in [6, 6.07) is -0.459. The fourth-order valence-corrected chi connectivity index (χ4v) is 3.60. The number of aromatic carboxylic acids is 1. The Morgan fingerprint density at radius 2 is 2.29 bits per heavy atom. The Kier molecular flexibility index (Phi) is 2.87. The van der Waals surface area contributed by atoms with Crippen LogP contribution in [0, 0.1) is 0 Å². The summed E-state index contributed by atoms with van der Waals surface area (Å²) < 4.78 is 23.8. The third-order valence-electron chi connectivity index (χ3n) is 2.71. The molecule has 17 heavy (non-hydrogen) atoms. The fraction of sp³-hybridized carbons (Fsp3) is 0.625. The van der Waals surface area contributed by atoms with Gasteiger partial charge in [0.05, 0.1) is 17.5 Å². The summed E-state index contributed by atoms with van der Waals surface area (Å²) in [6.45, 7) is -0.0406. The third kappa shape index (κ3) is 2.15. The highest BCUT2D eigenvalue weighted by Crippen LogP contribution is 2.24. The van der Waals surface area contributed by atoms with E-state index in [0.29, 0.717) is 6.42 Å². The predicted molar refractivity (Wildman–Crippen MR) is 57.2 cm³/mol. The van der Waals surface area contributed by atoms with Gasteiger partial charge in [0, 0.05) is 6.54 Å². The maximum atomic E-state index is 11.3. The van der Waals surface area contributed by atoms with Crippen LogP contribution in [-0.2, 0) is 16.4 Å². The molecule has 1 aliphatic rings. The summed E-state index contributed by atoms with van der Waals surface area (Å²) in [4.78, 5) is 11.1. The van der Waals surface area contributed by atoms with E-state index in [9.17, 15) is 13.2 Å². The molecule has 1 aliphatic heterocycles. The fourth-order valence-electron chi connectivity index (χ4n) is 1.91. The molecule has 9 heteroatoms. The standard InChI is InChI=1S/C8H12N4O4S/c9-3-6-7(8(13)14)12(11-10-6)5-1-2-17(15,16)4-5/h5H,1-4,9H2,(H,13,14). The van der Waals surface area contributed by atoms with Crippen LogP contribution in [0.3, 0.4) is 0 Å². The van der Waals surface area contributed by atoms with Gasteiger partial charge in [-0.3, -0.25) is 0 Å². The topological polar surface area (TPSA) is 128 Å². The molecule has 2 rings (SSSR count). The Morgan fingerprint density at radius 1 is 1.59 bits per heavy atom. The average molecular weight is 260 g/mol. The van der Waals surface area contributed by atoms with Crippen molar-refractivity contribution in [3.63, 3.8) is 0 Å². The first kappa shape index (κ1) is 12.0. The maximum Gasteiger partial charge on any atom is 0.356 e. The van der Waals surface area contributed by atoms with E-state index in [1.165, 1.54) is 0 Å². The van der Waals surface area contributed by atoms with Gasteiger partial charge in [0.1, 0.15) is 5.69 Å². The quantitative estimate of drug-likeness (QED) is 0.698. The minimum atomic E-state index is -3.10. The van der Waals surface area contributed by atoms with Gasteiger partial charge in [-0.05, 0) is 6.42 Å². The molecular weight excluding hydrogens is 248 g/mol. The Hall–Kier alpha value is -1.48. The van der Waals surface area contributed by atoms with E-state index in [2.05, 4.69) is 10.3 Å². The molecule has 1 saturated heterocycles. The van der Waals surface area contributed by atoms with E-state index >= 15 is 0 Å². The van der Waals surface area contributed by atoms with Gasteiger partial charge in [-0.15, -0.1) is 5.10 Å². The van der Waals surface area contributed by atoms with Crippen molar-refractivity contribution in [1.29, 1.82) is 0 Å². The number of sulfone groups is 1. The Balaban J connectivity index is 2.40. The van der Waals surface area contributed by atoms with Crippen molar-refractivity contribution in [2.45, 2.75) is 19.0 Å². The second-order valence-electron chi connectivity index (χ2n) is 3.90. The van der Waals surface area contributed by atoms with Gasteiger partial charge in [-0.1, -0.05) is 5.21 Å². The molecule has 1 aromatic heterocycles. The van der Waals surface area contributed by atoms with Crippen molar-refractivity contribution < 1.29 is 18.3 Å². The molecular formula is C8H12N4O4S. The number of nitrogens with two attached hydrogens (primary N) is 1. The number of aromatic nitrogens is 3. The van der Waals surface area contributed by atoms with Crippen molar-refractivity contribution in [3.8, 4) is 0 Å². The van der Waals surface area contributed by atoms with Gasteiger partial charge in [-0.25, -0.2) is 17.9 Å². The summed E-state index contributed by atoms with van der Waals surface area (Å²) in [6.07, 6.45) is 0.357. The molecule has 0 spiro atoms. The van der Waals surface area contributed by atoms with E-state index in [4.69, 9.17) is 10.8 Å². The SMILES string of the molecule is NCc1nnn(C2CCS(=O)(=O)C2)c1C(=O)O. The van der Waals surface area contributed by atoms with Crippen molar-refractivity contribution in [2.75, 3.05) is 11.5 Å². The molecule has 0 bridgehead atoms. The van der Waals surface area contributed by atoms with Crippen LogP contribution in [0.2, 0.25) is 0 Å². The molecule has 1 unspecified atom stereocenters. The van der Waals surface area contributed by atoms with Crippen LogP contribution < -0.4 is 5.73 Å². The van der Waals surface area contributed by atoms with Gasteiger partial charge in [0.25, 0.3) is 0 Å². The largest absolute Gasteiger partial charge is 0.476 e. The molecule has 0 saturated carbocycles. The van der Waals surface area contributed by atoms with Crippen LogP contribution in [0.25, 0.3) is 0 Å². The molecule has 94 valence electrons. The minimum absolute atomic E-state index is 0.0406. The molecule has 2 heterocycles. The van der Waals surface area contributed by atoms with E-state index in [0.717, 1.165) is 4.68 Å². The number of hydrogen-bond donors (Lipinski definition) is 2. The van der Waals surface area contributed by atoms with Crippen LogP contribution in [0.4, 0.5) is 0 Å². The Bertz CT molecular complexity index is 550. The summed E-state index contributed by atoms with van der Waals surface area (Å²) in [5.41, 5.74) is 5.41. The summed E-state index contributed by atoms with van der Waals surface area (Å²) in [5.74, 6) is -1.24. The summed E-state index contributed by atoms with van der Waals surface area (Å²) in [5, 5.41) is 16.4. The van der Waals surface area contributed by atoms with Crippen molar-refractivity contribution in [2.24, 2.45) is 5.73 Å². The number of hydrogen-bond acceptors (Lipinski definition) is 6. The number of carbonyl (C=O) groups is 1. The highest BCUT2D eigenvalue weighted by atomic mass is 32.2. The molecule has 3 N–H and O–H groups in total. The summed E-state index contributed by atoms with van der Waals surface area (Å²) >= 11 is 0. The molecule has 0 amide bonds. The van der Waals surface area contributed by atoms with Crippen molar-refractivity contribution >= 4 is 15.8 Å². The van der Waals surface area contributed by atoms with Gasteiger partial charge >= 0.3 is 5.97 Å². The van der Waals surface area contributed by atoms with Crippen molar-refractivity contribution in [1.82, 2.24) is 15.0 Å². The Labute approximate surface area is 97.3 Å². The maximum absolute atomic E-state index is 11.3. The van der Waals surface area contributed by atoms with Crippen LogP contribution in [-0.4, -0.2) is 46.0 Å². The molecule has 0 aromatic carbocycles. The number of carboxylic acid groups (broad SMARTS) is 1. The molecule has 0 radical (unpaired) electrons. The second kappa shape index (κ2) is 4.08. The van der Waals surface area contributed by atoms with Crippen molar-refractivity contribution in [3.05, 3.63) is 11.4 Å². The second-order valence-corrected chi connectivity index (χ2v) is 6.12. The average Bonchev–Trinajstić information content (AvgIpc) is 2.80. The zero-order valence-electron chi connectivity index (χ0n) is 8.90. The highest BCUT2D eigenvalue weighted by Gasteiger charge is 2.33. The zero-order valence-corrected chi connectivity index (χ0v) is 9.72. The van der Waals surface area contributed by atoms with Crippen LogP contribution in [0.15, 0.2) is 0 Å². The zero-order chi connectivity index (χ0) is 12.6. The highest BCUT2D eigenvalue weighted by molar-refractivity contribution is 7.91. The Morgan fingerprint density at radius 3 is 2.76 bits per heavy atom. The van der Waals surface area contributed by atoms with Gasteiger partial charge in [0.15, 0.2) is 15.5 Å². The van der Waals surface area contributed by atoms with Gasteiger partial charge in [0.2, 0.25) is 0 Å². The third-order valence-corrected chi connectivity index (χ3v) is 4.46. The van der Waals surface area contributed by atoms with Crippen LogP contribution in [0.5, 0.6) is 0 Å². The smallest absolute Gasteiger partial charge is 0.356 e. The first-order valence-corrected chi connectivity index (χ1v) is 6.84. The first-order valence-electron chi connectivity index (χ1n) is 5.02. The lowest BCUT2D eigenvalue weighted by Gasteiger charge is -2.09.